The van der Waals surface area contributed by atoms with Crippen LogP contribution in [-0.2, 0) is 4.79 Å². The van der Waals surface area contributed by atoms with E-state index in [1.165, 1.54) is 16.9 Å². The second kappa shape index (κ2) is 7.90. The minimum Gasteiger partial charge on any atom is -0.341 e. The fraction of sp³-hybridized carbons (Fsp3) is 0.286. The SMILES string of the molecule is CC(=O)N1CCCN(C(=O)c2cnn(-c3ccccc3F)c2-n2cccc2)CC1. The van der Waals surface area contributed by atoms with E-state index >= 15 is 0 Å². The third-order valence-electron chi connectivity index (χ3n) is 5.13. The van der Waals surface area contributed by atoms with Gasteiger partial charge >= 0.3 is 0 Å². The van der Waals surface area contributed by atoms with E-state index in [1.54, 1.807) is 51.9 Å². The van der Waals surface area contributed by atoms with Crippen LogP contribution in [0.25, 0.3) is 11.5 Å². The average molecular weight is 395 g/mol. The van der Waals surface area contributed by atoms with Crippen molar-refractivity contribution in [3.8, 4) is 11.5 Å². The van der Waals surface area contributed by atoms with Gasteiger partial charge in [0.15, 0.2) is 5.82 Å². The Hall–Kier alpha value is -3.42. The van der Waals surface area contributed by atoms with Crippen LogP contribution in [-0.4, -0.2) is 62.1 Å². The maximum Gasteiger partial charge on any atom is 0.259 e. The fourth-order valence-electron chi connectivity index (χ4n) is 3.62. The summed E-state index contributed by atoms with van der Waals surface area (Å²) >= 11 is 0. The Bertz CT molecular complexity index is 1030. The second-order valence-corrected chi connectivity index (χ2v) is 6.99. The van der Waals surface area contributed by atoms with E-state index in [1.807, 2.05) is 12.1 Å². The van der Waals surface area contributed by atoms with Gasteiger partial charge in [-0.2, -0.15) is 5.10 Å². The van der Waals surface area contributed by atoms with E-state index < -0.39 is 5.82 Å². The van der Waals surface area contributed by atoms with Crippen LogP contribution in [0, 0.1) is 5.82 Å². The number of nitrogens with zero attached hydrogens (tertiary/aromatic N) is 5. The number of rotatable bonds is 3. The molecule has 0 aliphatic carbocycles. The van der Waals surface area contributed by atoms with Gasteiger partial charge in [-0.25, -0.2) is 9.07 Å². The van der Waals surface area contributed by atoms with E-state index in [0.29, 0.717) is 44.0 Å². The number of halogens is 1. The van der Waals surface area contributed by atoms with Gasteiger partial charge in [-0.05, 0) is 30.7 Å². The number of benzene rings is 1. The van der Waals surface area contributed by atoms with Gasteiger partial charge in [0.2, 0.25) is 5.91 Å². The number of para-hydroxylation sites is 1. The quantitative estimate of drug-likeness (QED) is 0.685. The molecule has 2 aromatic heterocycles. The first-order valence-corrected chi connectivity index (χ1v) is 9.57. The van der Waals surface area contributed by atoms with Gasteiger partial charge in [0.05, 0.1) is 6.20 Å². The molecule has 8 heteroatoms. The standard InChI is InChI=1S/C21H22FN5O2/c1-16(28)24-11-6-12-26(14-13-24)21(29)17-15-23-27(19-8-3-2-7-18(19)22)20(17)25-9-4-5-10-25/h2-5,7-10,15H,6,11-14H2,1H3. The number of carbonyl (C=O) groups is 2. The fourth-order valence-corrected chi connectivity index (χ4v) is 3.62. The van der Waals surface area contributed by atoms with Crippen molar-refractivity contribution in [2.75, 3.05) is 26.2 Å². The van der Waals surface area contributed by atoms with Crippen molar-refractivity contribution in [3.05, 3.63) is 66.4 Å². The average Bonchev–Trinajstić information content (AvgIpc) is 3.31. The molecule has 150 valence electrons. The Morgan fingerprint density at radius 3 is 2.38 bits per heavy atom. The van der Waals surface area contributed by atoms with Crippen molar-refractivity contribution >= 4 is 11.8 Å². The molecule has 0 atom stereocenters. The number of amides is 2. The minimum atomic E-state index is -0.421. The Balaban J connectivity index is 1.72. The van der Waals surface area contributed by atoms with E-state index in [0.717, 1.165) is 0 Å². The van der Waals surface area contributed by atoms with Crippen LogP contribution in [0.5, 0.6) is 0 Å². The Morgan fingerprint density at radius 1 is 0.966 bits per heavy atom. The third-order valence-corrected chi connectivity index (χ3v) is 5.13. The molecule has 1 aliphatic heterocycles. The topological polar surface area (TPSA) is 63.4 Å². The molecule has 0 N–H and O–H groups in total. The van der Waals surface area contributed by atoms with Gasteiger partial charge in [-0.3, -0.25) is 9.59 Å². The predicted octanol–water partition coefficient (Wildman–Crippen LogP) is 2.50. The van der Waals surface area contributed by atoms with Crippen molar-refractivity contribution in [1.29, 1.82) is 0 Å². The summed E-state index contributed by atoms with van der Waals surface area (Å²) in [5.41, 5.74) is 0.662. The zero-order chi connectivity index (χ0) is 20.4. The summed E-state index contributed by atoms with van der Waals surface area (Å²) in [5.74, 6) is -0.103. The molecule has 0 spiro atoms. The lowest BCUT2D eigenvalue weighted by Gasteiger charge is -2.21. The van der Waals surface area contributed by atoms with Crippen LogP contribution >= 0.6 is 0 Å². The number of aromatic nitrogens is 3. The van der Waals surface area contributed by atoms with Crippen LogP contribution in [0.15, 0.2) is 55.0 Å². The molecule has 2 amide bonds. The highest BCUT2D eigenvalue weighted by Gasteiger charge is 2.27. The molecule has 0 bridgehead atoms. The molecule has 29 heavy (non-hydrogen) atoms. The monoisotopic (exact) mass is 395 g/mol. The molecule has 3 heterocycles. The van der Waals surface area contributed by atoms with E-state index in [9.17, 15) is 14.0 Å². The Labute approximate surface area is 167 Å². The van der Waals surface area contributed by atoms with Gasteiger partial charge < -0.3 is 14.4 Å². The van der Waals surface area contributed by atoms with Crippen molar-refractivity contribution in [2.45, 2.75) is 13.3 Å². The largest absolute Gasteiger partial charge is 0.341 e. The van der Waals surface area contributed by atoms with Crippen LogP contribution < -0.4 is 0 Å². The molecular formula is C21H22FN5O2. The molecule has 7 nitrogen and oxygen atoms in total. The lowest BCUT2D eigenvalue weighted by Crippen LogP contribution is -2.36. The van der Waals surface area contributed by atoms with Gasteiger partial charge in [-0.15, -0.1) is 0 Å². The molecule has 4 rings (SSSR count). The summed E-state index contributed by atoms with van der Waals surface area (Å²) in [6.45, 7) is 3.69. The molecule has 1 aliphatic rings. The Morgan fingerprint density at radius 2 is 1.66 bits per heavy atom. The third kappa shape index (κ3) is 3.65. The highest BCUT2D eigenvalue weighted by atomic mass is 19.1. The van der Waals surface area contributed by atoms with Gasteiger partial charge in [0.1, 0.15) is 17.1 Å². The summed E-state index contributed by atoms with van der Waals surface area (Å²) < 4.78 is 17.6. The Kier molecular flexibility index (Phi) is 5.16. The summed E-state index contributed by atoms with van der Waals surface area (Å²) in [5, 5.41) is 4.33. The second-order valence-electron chi connectivity index (χ2n) is 6.99. The minimum absolute atomic E-state index is 0.0136. The molecule has 0 unspecified atom stereocenters. The highest BCUT2D eigenvalue weighted by molar-refractivity contribution is 5.97. The van der Waals surface area contributed by atoms with Crippen molar-refractivity contribution < 1.29 is 14.0 Å². The van der Waals surface area contributed by atoms with Crippen LogP contribution in [0.4, 0.5) is 4.39 Å². The number of hydrogen-bond acceptors (Lipinski definition) is 3. The maximum atomic E-state index is 14.4. The van der Waals surface area contributed by atoms with Crippen LogP contribution in [0.2, 0.25) is 0 Å². The van der Waals surface area contributed by atoms with Crippen molar-refractivity contribution in [1.82, 2.24) is 24.1 Å². The van der Waals surface area contributed by atoms with Crippen LogP contribution in [0.3, 0.4) is 0 Å². The predicted molar refractivity (Wildman–Crippen MR) is 106 cm³/mol. The molecule has 3 aromatic rings. The first kappa shape index (κ1) is 18.9. The van der Waals surface area contributed by atoms with Gasteiger partial charge in [0, 0.05) is 45.5 Å². The number of carbonyl (C=O) groups excluding carboxylic acids is 2. The normalized spacial score (nSPS) is 14.7. The lowest BCUT2D eigenvalue weighted by molar-refractivity contribution is -0.128. The van der Waals surface area contributed by atoms with Gasteiger partial charge in [0.25, 0.3) is 5.91 Å². The zero-order valence-corrected chi connectivity index (χ0v) is 16.2. The van der Waals surface area contributed by atoms with Crippen molar-refractivity contribution in [3.63, 3.8) is 0 Å². The molecule has 1 saturated heterocycles. The number of hydrogen-bond donors (Lipinski definition) is 0. The molecule has 1 fully saturated rings. The van der Waals surface area contributed by atoms with Crippen LogP contribution in [0.1, 0.15) is 23.7 Å². The molecule has 1 aromatic carbocycles. The first-order valence-electron chi connectivity index (χ1n) is 9.57. The summed E-state index contributed by atoms with van der Waals surface area (Å²) in [6, 6.07) is 10.0. The van der Waals surface area contributed by atoms with E-state index in [2.05, 4.69) is 5.10 Å². The van der Waals surface area contributed by atoms with Crippen molar-refractivity contribution in [2.24, 2.45) is 0 Å². The zero-order valence-electron chi connectivity index (χ0n) is 16.2. The molecular weight excluding hydrogens is 373 g/mol. The highest BCUT2D eigenvalue weighted by Crippen LogP contribution is 2.23. The van der Waals surface area contributed by atoms with Gasteiger partial charge in [-0.1, -0.05) is 12.1 Å². The summed E-state index contributed by atoms with van der Waals surface area (Å²) in [4.78, 5) is 28.5. The molecule has 0 radical (unpaired) electrons. The smallest absolute Gasteiger partial charge is 0.259 e. The maximum absolute atomic E-state index is 14.4. The van der Waals surface area contributed by atoms with E-state index in [4.69, 9.17) is 0 Å². The lowest BCUT2D eigenvalue weighted by atomic mass is 10.2. The van der Waals surface area contributed by atoms with E-state index in [-0.39, 0.29) is 17.5 Å². The molecule has 0 saturated carbocycles. The first-order chi connectivity index (χ1) is 14.1. The summed E-state index contributed by atoms with van der Waals surface area (Å²) in [7, 11) is 0. The summed E-state index contributed by atoms with van der Waals surface area (Å²) in [6.07, 6.45) is 5.79.